The van der Waals surface area contributed by atoms with E-state index in [0.29, 0.717) is 18.0 Å². The first-order chi connectivity index (χ1) is 14.2. The Morgan fingerprint density at radius 1 is 1.14 bits per heavy atom. The van der Waals surface area contributed by atoms with Crippen molar-refractivity contribution in [3.8, 4) is 11.8 Å². The van der Waals surface area contributed by atoms with E-state index in [1.165, 1.54) is 6.42 Å². The van der Waals surface area contributed by atoms with Crippen LogP contribution in [-0.2, 0) is 19.6 Å². The summed E-state index contributed by atoms with van der Waals surface area (Å²) in [6.45, 7) is 1.32. The maximum atomic E-state index is 9.85. The van der Waals surface area contributed by atoms with E-state index >= 15 is 0 Å². The van der Waals surface area contributed by atoms with Crippen molar-refractivity contribution in [2.24, 2.45) is 0 Å². The maximum Gasteiger partial charge on any atom is 0.174 e. The van der Waals surface area contributed by atoms with Crippen molar-refractivity contribution in [2.75, 3.05) is 0 Å². The summed E-state index contributed by atoms with van der Waals surface area (Å²) in [5.74, 6) is 2.33. The molecule has 146 valence electrons. The second-order valence-electron chi connectivity index (χ2n) is 7.03. The maximum absolute atomic E-state index is 9.85. The molecule has 0 fully saturated rings. The molecule has 2 heterocycles. The van der Waals surface area contributed by atoms with Crippen LogP contribution in [-0.4, -0.2) is 14.8 Å². The topological polar surface area (TPSA) is 63.7 Å². The zero-order valence-electron chi connectivity index (χ0n) is 16.0. The van der Waals surface area contributed by atoms with Gasteiger partial charge >= 0.3 is 0 Å². The van der Waals surface area contributed by atoms with Gasteiger partial charge < -0.3 is 9.30 Å². The largest absolute Gasteiger partial charge is 0.488 e. The molecule has 0 aliphatic carbocycles. The van der Waals surface area contributed by atoms with Gasteiger partial charge in [0.2, 0.25) is 0 Å². The van der Waals surface area contributed by atoms with E-state index < -0.39 is 0 Å². The summed E-state index contributed by atoms with van der Waals surface area (Å²) in [4.78, 5) is 0. The van der Waals surface area contributed by atoms with Crippen molar-refractivity contribution >= 4 is 27.6 Å². The number of halogens is 1. The fraction of sp³-hybridized carbons (Fsp3) is 0.261. The highest BCUT2D eigenvalue weighted by molar-refractivity contribution is 9.10. The molecule has 0 amide bonds. The van der Waals surface area contributed by atoms with E-state index in [9.17, 15) is 5.26 Å². The first-order valence-electron chi connectivity index (χ1n) is 9.75. The highest BCUT2D eigenvalue weighted by Gasteiger charge is 2.18. The van der Waals surface area contributed by atoms with Crippen LogP contribution >= 0.6 is 15.9 Å². The van der Waals surface area contributed by atoms with Crippen molar-refractivity contribution in [3.63, 3.8) is 0 Å². The summed E-state index contributed by atoms with van der Waals surface area (Å²) in [6, 6.07) is 18.1. The molecular formula is C23H21BrN4O. The molecule has 4 rings (SSSR count). The minimum absolute atomic E-state index is 0.464. The van der Waals surface area contributed by atoms with Crippen LogP contribution in [0.15, 0.2) is 53.0 Å². The quantitative estimate of drug-likeness (QED) is 0.489. The van der Waals surface area contributed by atoms with Crippen molar-refractivity contribution in [2.45, 2.75) is 38.8 Å². The Hall–Kier alpha value is -2.91. The van der Waals surface area contributed by atoms with Crippen LogP contribution in [0.2, 0.25) is 0 Å². The molecular weight excluding hydrogens is 428 g/mol. The summed E-state index contributed by atoms with van der Waals surface area (Å²) >= 11 is 3.52. The van der Waals surface area contributed by atoms with Gasteiger partial charge in [-0.2, -0.15) is 5.26 Å². The minimum Gasteiger partial charge on any atom is -0.488 e. The Kier molecular flexibility index (Phi) is 6.06. The van der Waals surface area contributed by atoms with E-state index in [-0.39, 0.29) is 0 Å². The van der Waals surface area contributed by atoms with E-state index in [1.54, 1.807) is 0 Å². The lowest BCUT2D eigenvalue weighted by Crippen LogP contribution is -2.05. The lowest BCUT2D eigenvalue weighted by atomic mass is 10.1. The average Bonchev–Trinajstić information content (AvgIpc) is 2.99. The van der Waals surface area contributed by atoms with Gasteiger partial charge in [0.15, 0.2) is 5.82 Å². The molecule has 1 aromatic heterocycles. The molecule has 29 heavy (non-hydrogen) atoms. The third kappa shape index (κ3) is 4.57. The normalized spacial score (nSPS) is 14.0. The third-order valence-corrected chi connectivity index (χ3v) is 5.47. The molecule has 0 bridgehead atoms. The van der Waals surface area contributed by atoms with Crippen molar-refractivity contribution in [1.29, 1.82) is 5.26 Å². The fourth-order valence-electron chi connectivity index (χ4n) is 3.49. The number of aryl methyl sites for hydroxylation is 1. The molecule has 1 aliphatic rings. The van der Waals surface area contributed by atoms with E-state index in [0.717, 1.165) is 53.0 Å². The lowest BCUT2D eigenvalue weighted by Gasteiger charge is -2.11. The molecule has 3 aromatic rings. The first-order valence-corrected chi connectivity index (χ1v) is 10.5. The number of allylic oxidation sites excluding steroid dienone is 1. The second kappa shape index (κ2) is 9.06. The number of ether oxygens (including phenoxy) is 1. The Morgan fingerprint density at radius 2 is 2.00 bits per heavy atom. The van der Waals surface area contributed by atoms with Crippen LogP contribution in [0.1, 0.15) is 42.0 Å². The highest BCUT2D eigenvalue weighted by Crippen LogP contribution is 2.29. The SMILES string of the molecule is N#C/C(=C\c1cc(Br)ccc1OCc1ccccc1)c1nnc2n1CCCCC2. The van der Waals surface area contributed by atoms with Gasteiger partial charge in [0.25, 0.3) is 0 Å². The van der Waals surface area contributed by atoms with Gasteiger partial charge in [-0.1, -0.05) is 52.7 Å². The monoisotopic (exact) mass is 448 g/mol. The van der Waals surface area contributed by atoms with Crippen LogP contribution in [0.5, 0.6) is 5.75 Å². The Balaban J connectivity index is 1.66. The molecule has 6 heteroatoms. The van der Waals surface area contributed by atoms with Crippen LogP contribution in [0.4, 0.5) is 0 Å². The van der Waals surface area contributed by atoms with E-state index in [1.807, 2.05) is 54.6 Å². The molecule has 1 aliphatic heterocycles. The number of hydrogen-bond donors (Lipinski definition) is 0. The Labute approximate surface area is 178 Å². The van der Waals surface area contributed by atoms with Crippen molar-refractivity contribution in [1.82, 2.24) is 14.8 Å². The van der Waals surface area contributed by atoms with Gasteiger partial charge in [0.1, 0.15) is 24.3 Å². The van der Waals surface area contributed by atoms with Crippen molar-refractivity contribution in [3.05, 3.63) is 75.8 Å². The Bertz CT molecular complexity index is 1070. The molecule has 0 radical (unpaired) electrons. The van der Waals surface area contributed by atoms with Gasteiger partial charge in [-0.15, -0.1) is 10.2 Å². The smallest absolute Gasteiger partial charge is 0.174 e. The molecule has 0 saturated carbocycles. The minimum atomic E-state index is 0.464. The summed E-state index contributed by atoms with van der Waals surface area (Å²) in [5, 5.41) is 18.5. The number of nitriles is 1. The fourth-order valence-corrected chi connectivity index (χ4v) is 3.86. The van der Waals surface area contributed by atoms with Gasteiger partial charge in [-0.25, -0.2) is 0 Å². The molecule has 0 saturated heterocycles. The number of benzene rings is 2. The highest BCUT2D eigenvalue weighted by atomic mass is 79.9. The molecule has 5 nitrogen and oxygen atoms in total. The number of hydrogen-bond acceptors (Lipinski definition) is 4. The van der Waals surface area contributed by atoms with Gasteiger partial charge in [-0.05, 0) is 42.7 Å². The number of aromatic nitrogens is 3. The summed E-state index contributed by atoms with van der Waals surface area (Å²) < 4.78 is 9.07. The van der Waals surface area contributed by atoms with Gasteiger partial charge in [-0.3, -0.25) is 0 Å². The van der Waals surface area contributed by atoms with E-state index in [2.05, 4.69) is 36.8 Å². The third-order valence-electron chi connectivity index (χ3n) is 4.98. The number of fused-ring (bicyclic) bond motifs is 1. The van der Waals surface area contributed by atoms with Crippen LogP contribution in [0.3, 0.4) is 0 Å². The average molecular weight is 449 g/mol. The van der Waals surface area contributed by atoms with Crippen LogP contribution in [0, 0.1) is 11.3 Å². The summed E-state index contributed by atoms with van der Waals surface area (Å²) in [7, 11) is 0. The van der Waals surface area contributed by atoms with Crippen LogP contribution < -0.4 is 4.74 Å². The zero-order valence-corrected chi connectivity index (χ0v) is 17.6. The molecule has 0 atom stereocenters. The predicted octanol–water partition coefficient (Wildman–Crippen LogP) is 5.41. The van der Waals surface area contributed by atoms with Gasteiger partial charge in [0.05, 0.1) is 5.57 Å². The standard InChI is InChI=1S/C23H21BrN4O/c24-20-10-11-21(29-16-17-7-3-1-4-8-17)18(14-20)13-19(15-25)23-27-26-22-9-5-2-6-12-28(22)23/h1,3-4,7-8,10-11,13-14H,2,5-6,9,12,16H2/b19-13+. The second-order valence-corrected chi connectivity index (χ2v) is 7.94. The van der Waals surface area contributed by atoms with Crippen LogP contribution in [0.25, 0.3) is 11.6 Å². The summed E-state index contributed by atoms with van der Waals surface area (Å²) in [5.41, 5.74) is 2.42. The predicted molar refractivity (Wildman–Crippen MR) is 116 cm³/mol. The van der Waals surface area contributed by atoms with E-state index in [4.69, 9.17) is 4.74 Å². The lowest BCUT2D eigenvalue weighted by molar-refractivity contribution is 0.305. The number of rotatable bonds is 5. The molecule has 0 unspecified atom stereocenters. The molecule has 0 spiro atoms. The first kappa shape index (κ1) is 19.4. The van der Waals surface area contributed by atoms with Crippen molar-refractivity contribution < 1.29 is 4.74 Å². The zero-order chi connectivity index (χ0) is 20.1. The summed E-state index contributed by atoms with van der Waals surface area (Å²) in [6.07, 6.45) is 6.13. The number of nitrogens with zero attached hydrogens (tertiary/aromatic N) is 4. The van der Waals surface area contributed by atoms with Gasteiger partial charge in [0, 0.05) is 23.0 Å². The molecule has 0 N–H and O–H groups in total. The molecule has 2 aromatic carbocycles. The Morgan fingerprint density at radius 3 is 2.83 bits per heavy atom.